The number of rotatable bonds is 1. The first-order valence-electron chi connectivity index (χ1n) is 7.59. The Kier molecular flexibility index (Phi) is 3.42. The van der Waals surface area contributed by atoms with Gasteiger partial charge in [-0.2, -0.15) is 0 Å². The predicted molar refractivity (Wildman–Crippen MR) is 96.0 cm³/mol. The number of fused-ring (bicyclic) bond motifs is 2. The molecule has 0 unspecified atom stereocenters. The fraction of sp³-hybridized carbons (Fsp3) is 0.158. The first kappa shape index (κ1) is 14.4. The Morgan fingerprint density at radius 1 is 1.13 bits per heavy atom. The number of aromatic nitrogens is 1. The molecular formula is C19H15BrN2O. The number of halogens is 1. The van der Waals surface area contributed by atoms with Crippen molar-refractivity contribution >= 4 is 38.6 Å². The van der Waals surface area contributed by atoms with Crippen LogP contribution in [0, 0.1) is 6.92 Å². The lowest BCUT2D eigenvalue weighted by Gasteiger charge is -2.17. The Balaban J connectivity index is 1.76. The molecule has 1 aliphatic heterocycles. The fourth-order valence-corrected chi connectivity index (χ4v) is 3.30. The first-order valence-corrected chi connectivity index (χ1v) is 8.39. The molecule has 0 saturated carbocycles. The van der Waals surface area contributed by atoms with Crippen LogP contribution in [0.1, 0.15) is 21.5 Å². The quantitative estimate of drug-likeness (QED) is 0.634. The molecule has 0 radical (unpaired) electrons. The number of pyridine rings is 1. The maximum absolute atomic E-state index is 12.8. The van der Waals surface area contributed by atoms with Crippen molar-refractivity contribution in [2.45, 2.75) is 13.3 Å². The van der Waals surface area contributed by atoms with Crippen molar-refractivity contribution in [2.24, 2.45) is 0 Å². The van der Waals surface area contributed by atoms with Gasteiger partial charge >= 0.3 is 0 Å². The van der Waals surface area contributed by atoms with E-state index < -0.39 is 0 Å². The normalized spacial score (nSPS) is 13.4. The van der Waals surface area contributed by atoms with Gasteiger partial charge in [0.15, 0.2) is 0 Å². The van der Waals surface area contributed by atoms with Gasteiger partial charge in [-0.25, -0.2) is 4.98 Å². The van der Waals surface area contributed by atoms with Gasteiger partial charge < -0.3 is 0 Å². The summed E-state index contributed by atoms with van der Waals surface area (Å²) in [6, 6.07) is 15.8. The summed E-state index contributed by atoms with van der Waals surface area (Å²) in [6.45, 7) is 2.77. The molecular weight excluding hydrogens is 352 g/mol. The van der Waals surface area contributed by atoms with Crippen molar-refractivity contribution in [3.8, 4) is 0 Å². The van der Waals surface area contributed by atoms with Crippen LogP contribution >= 0.6 is 15.9 Å². The van der Waals surface area contributed by atoms with Gasteiger partial charge in [-0.3, -0.25) is 9.69 Å². The predicted octanol–water partition coefficient (Wildman–Crippen LogP) is 4.51. The molecule has 2 aromatic carbocycles. The van der Waals surface area contributed by atoms with E-state index in [4.69, 9.17) is 4.98 Å². The Hall–Kier alpha value is -2.20. The fourth-order valence-electron chi connectivity index (χ4n) is 3.03. The van der Waals surface area contributed by atoms with Crippen LogP contribution in [0.4, 0.5) is 5.82 Å². The zero-order valence-corrected chi connectivity index (χ0v) is 14.3. The van der Waals surface area contributed by atoms with Crippen LogP contribution in [0.5, 0.6) is 0 Å². The molecule has 0 N–H and O–H groups in total. The molecule has 4 rings (SSSR count). The van der Waals surface area contributed by atoms with Gasteiger partial charge in [0.2, 0.25) is 0 Å². The topological polar surface area (TPSA) is 33.2 Å². The first-order chi connectivity index (χ1) is 11.1. The van der Waals surface area contributed by atoms with Crippen LogP contribution in [-0.2, 0) is 6.42 Å². The standard InChI is InChI=1S/C19H15BrN2O/c1-12-2-7-17-15(10-12)11-14-8-9-22(18(14)21-17)19(23)13-3-5-16(20)6-4-13/h2-7,10-11H,8-9H2,1H3. The molecule has 0 spiro atoms. The highest BCUT2D eigenvalue weighted by atomic mass is 79.9. The lowest BCUT2D eigenvalue weighted by atomic mass is 10.1. The highest BCUT2D eigenvalue weighted by molar-refractivity contribution is 9.10. The minimum absolute atomic E-state index is 0.00946. The highest BCUT2D eigenvalue weighted by Crippen LogP contribution is 2.31. The van der Waals surface area contributed by atoms with Crippen LogP contribution in [0.2, 0.25) is 0 Å². The Labute approximate surface area is 143 Å². The molecule has 4 heteroatoms. The third-order valence-corrected chi connectivity index (χ3v) is 4.75. The number of amides is 1. The number of benzene rings is 2. The molecule has 1 aromatic heterocycles. The number of carbonyl (C=O) groups is 1. The van der Waals surface area contributed by atoms with Crippen molar-refractivity contribution in [1.82, 2.24) is 4.98 Å². The average Bonchev–Trinajstić information content (AvgIpc) is 2.95. The molecule has 2 heterocycles. The van der Waals surface area contributed by atoms with E-state index >= 15 is 0 Å². The third kappa shape index (κ3) is 2.53. The summed E-state index contributed by atoms with van der Waals surface area (Å²) in [5.41, 5.74) is 3.99. The second-order valence-corrected chi connectivity index (χ2v) is 6.80. The lowest BCUT2D eigenvalue weighted by Crippen LogP contribution is -2.29. The summed E-state index contributed by atoms with van der Waals surface area (Å²) in [6.07, 6.45) is 0.856. The Morgan fingerprint density at radius 2 is 1.91 bits per heavy atom. The van der Waals surface area contributed by atoms with E-state index in [-0.39, 0.29) is 5.91 Å². The van der Waals surface area contributed by atoms with Gasteiger partial charge in [-0.15, -0.1) is 0 Å². The van der Waals surface area contributed by atoms with E-state index in [1.165, 1.54) is 5.56 Å². The van der Waals surface area contributed by atoms with Gasteiger partial charge in [-0.1, -0.05) is 27.6 Å². The van der Waals surface area contributed by atoms with Gasteiger partial charge in [-0.05, 0) is 61.4 Å². The summed E-state index contributed by atoms with van der Waals surface area (Å²) >= 11 is 3.40. The molecule has 0 saturated heterocycles. The maximum atomic E-state index is 12.8. The molecule has 23 heavy (non-hydrogen) atoms. The van der Waals surface area contributed by atoms with Gasteiger partial charge in [0.05, 0.1) is 5.52 Å². The zero-order valence-electron chi connectivity index (χ0n) is 12.7. The van der Waals surface area contributed by atoms with E-state index in [2.05, 4.69) is 41.1 Å². The number of hydrogen-bond acceptors (Lipinski definition) is 2. The smallest absolute Gasteiger partial charge is 0.259 e. The van der Waals surface area contributed by atoms with Crippen LogP contribution < -0.4 is 4.90 Å². The molecule has 3 nitrogen and oxygen atoms in total. The number of anilines is 1. The summed E-state index contributed by atoms with van der Waals surface area (Å²) in [5.74, 6) is 0.810. The lowest BCUT2D eigenvalue weighted by molar-refractivity contribution is 0.0989. The Bertz CT molecular complexity index is 919. The second-order valence-electron chi connectivity index (χ2n) is 5.88. The van der Waals surface area contributed by atoms with E-state index in [0.29, 0.717) is 12.1 Å². The number of carbonyl (C=O) groups excluding carboxylic acids is 1. The summed E-state index contributed by atoms with van der Waals surface area (Å²) in [5, 5.41) is 1.14. The van der Waals surface area contributed by atoms with Crippen LogP contribution in [0.25, 0.3) is 10.9 Å². The van der Waals surface area contributed by atoms with Crippen molar-refractivity contribution < 1.29 is 4.79 Å². The van der Waals surface area contributed by atoms with Crippen LogP contribution in [0.3, 0.4) is 0 Å². The van der Waals surface area contributed by atoms with E-state index in [9.17, 15) is 4.79 Å². The summed E-state index contributed by atoms with van der Waals surface area (Å²) < 4.78 is 0.968. The van der Waals surface area contributed by atoms with Crippen LogP contribution in [0.15, 0.2) is 53.0 Å². The molecule has 1 amide bonds. The summed E-state index contributed by atoms with van der Waals surface area (Å²) in [4.78, 5) is 19.3. The monoisotopic (exact) mass is 366 g/mol. The largest absolute Gasteiger partial charge is 0.292 e. The van der Waals surface area contributed by atoms with Crippen molar-refractivity contribution in [3.05, 3.63) is 69.7 Å². The molecule has 0 bridgehead atoms. The second kappa shape index (κ2) is 5.46. The average molecular weight is 367 g/mol. The number of nitrogens with zero attached hydrogens (tertiary/aromatic N) is 2. The number of hydrogen-bond donors (Lipinski definition) is 0. The van der Waals surface area contributed by atoms with Gasteiger partial charge in [0.1, 0.15) is 5.82 Å². The maximum Gasteiger partial charge on any atom is 0.259 e. The van der Waals surface area contributed by atoms with E-state index in [1.807, 2.05) is 30.3 Å². The SMILES string of the molecule is Cc1ccc2nc3c(cc2c1)CCN3C(=O)c1ccc(Br)cc1. The van der Waals surface area contributed by atoms with Crippen molar-refractivity contribution in [1.29, 1.82) is 0 Å². The molecule has 0 fully saturated rings. The van der Waals surface area contributed by atoms with Crippen LogP contribution in [-0.4, -0.2) is 17.4 Å². The van der Waals surface area contributed by atoms with Crippen molar-refractivity contribution in [2.75, 3.05) is 11.4 Å². The highest BCUT2D eigenvalue weighted by Gasteiger charge is 2.27. The zero-order chi connectivity index (χ0) is 16.0. The Morgan fingerprint density at radius 3 is 2.70 bits per heavy atom. The van der Waals surface area contributed by atoms with Gasteiger partial charge in [0, 0.05) is 22.0 Å². The van der Waals surface area contributed by atoms with Crippen molar-refractivity contribution in [3.63, 3.8) is 0 Å². The molecule has 114 valence electrons. The number of aryl methyl sites for hydroxylation is 1. The third-order valence-electron chi connectivity index (χ3n) is 4.22. The molecule has 0 atom stereocenters. The van der Waals surface area contributed by atoms with E-state index in [0.717, 1.165) is 33.2 Å². The minimum Gasteiger partial charge on any atom is -0.292 e. The molecule has 1 aliphatic rings. The van der Waals surface area contributed by atoms with E-state index in [1.54, 1.807) is 4.90 Å². The van der Waals surface area contributed by atoms with Gasteiger partial charge in [0.25, 0.3) is 5.91 Å². The molecule has 3 aromatic rings. The minimum atomic E-state index is 0.00946. The molecule has 0 aliphatic carbocycles. The summed E-state index contributed by atoms with van der Waals surface area (Å²) in [7, 11) is 0.